The molecule has 1 aliphatic heterocycles. The number of carbonyl (C=O) groups excluding carboxylic acids is 1. The van der Waals surface area contributed by atoms with Crippen molar-refractivity contribution >= 4 is 17.5 Å². The van der Waals surface area contributed by atoms with E-state index in [1.54, 1.807) is 53.7 Å². The van der Waals surface area contributed by atoms with Gasteiger partial charge in [-0.25, -0.2) is 9.97 Å². The van der Waals surface area contributed by atoms with Gasteiger partial charge in [-0.05, 0) is 48.2 Å². The van der Waals surface area contributed by atoms with Crippen molar-refractivity contribution in [3.63, 3.8) is 0 Å². The van der Waals surface area contributed by atoms with E-state index in [1.807, 2.05) is 0 Å². The smallest absolute Gasteiger partial charge is 0.387 e. The Kier molecular flexibility index (Phi) is 7.84. The van der Waals surface area contributed by atoms with Gasteiger partial charge >= 0.3 is 6.61 Å². The number of rotatable bonds is 8. The number of hydrogen-bond acceptors (Lipinski definition) is 7. The predicted octanol–water partition coefficient (Wildman–Crippen LogP) is 3.55. The number of nitrogens with zero attached hydrogens (tertiary/aromatic N) is 3. The maximum atomic E-state index is 12.8. The minimum atomic E-state index is -2.87. The Morgan fingerprint density at radius 2 is 1.77 bits per heavy atom. The van der Waals surface area contributed by atoms with Gasteiger partial charge in [0, 0.05) is 36.7 Å². The molecular formula is C25H26F2N4O4. The van der Waals surface area contributed by atoms with Crippen molar-refractivity contribution in [3.05, 3.63) is 66.5 Å². The number of anilines is 2. The maximum Gasteiger partial charge on any atom is 0.387 e. The number of hydrogen-bond donors (Lipinski definition) is 3. The zero-order valence-corrected chi connectivity index (χ0v) is 18.8. The minimum absolute atomic E-state index is 0.0741. The topological polar surface area (TPSA) is 108 Å². The maximum absolute atomic E-state index is 12.8. The number of carbonyl (C=O) groups is 1. The second-order valence-electron chi connectivity index (χ2n) is 8.26. The van der Waals surface area contributed by atoms with Crippen LogP contribution < -0.4 is 10.1 Å². The summed E-state index contributed by atoms with van der Waals surface area (Å²) in [5, 5.41) is 22.8. The summed E-state index contributed by atoms with van der Waals surface area (Å²) in [7, 11) is 0. The fourth-order valence-corrected chi connectivity index (χ4v) is 4.00. The first-order valence-corrected chi connectivity index (χ1v) is 11.2. The molecule has 3 N–H and O–H groups in total. The van der Waals surface area contributed by atoms with Crippen LogP contribution >= 0.6 is 0 Å². The van der Waals surface area contributed by atoms with Crippen LogP contribution in [0, 0.1) is 0 Å². The van der Waals surface area contributed by atoms with E-state index < -0.39 is 18.6 Å². The van der Waals surface area contributed by atoms with E-state index >= 15 is 0 Å². The van der Waals surface area contributed by atoms with Crippen LogP contribution in [-0.2, 0) is 4.79 Å². The number of β-amino-alcohol motifs (C(OH)–C–C–N with tert-alkyl or cyclic N) is 1. The lowest BCUT2D eigenvalue weighted by Crippen LogP contribution is -2.44. The first-order chi connectivity index (χ1) is 16.9. The van der Waals surface area contributed by atoms with Crippen molar-refractivity contribution in [1.29, 1.82) is 0 Å². The average molecular weight is 485 g/mol. The molecule has 10 heteroatoms. The molecule has 35 heavy (non-hydrogen) atoms. The summed E-state index contributed by atoms with van der Waals surface area (Å²) in [4.78, 5) is 23.0. The summed E-state index contributed by atoms with van der Waals surface area (Å²) in [6, 6.07) is 13.3. The molecule has 1 unspecified atom stereocenters. The number of aromatic nitrogens is 2. The standard InChI is InChI=1S/C25H26F2N4O4/c26-24(27)35-21-9-5-16(6-10-21)18-12-28-25(29-13-18)30-19-7-3-17(4-8-19)22(15-32)23(34)31-11-1-2-20(33)14-31/h3-10,12-13,20,22,24,32-33H,1-2,11,14-15H2,(H,28,29,30)/t20-,22?/m1/s1. The molecule has 1 saturated heterocycles. The summed E-state index contributed by atoms with van der Waals surface area (Å²) >= 11 is 0. The van der Waals surface area contributed by atoms with Gasteiger partial charge in [0.05, 0.1) is 18.6 Å². The molecule has 2 heterocycles. The number of likely N-dealkylation sites (tertiary alicyclic amines) is 1. The van der Waals surface area contributed by atoms with Gasteiger partial charge in [-0.3, -0.25) is 4.79 Å². The Bertz CT molecular complexity index is 1110. The predicted molar refractivity (Wildman–Crippen MR) is 125 cm³/mol. The number of ether oxygens (including phenoxy) is 1. The molecular weight excluding hydrogens is 458 g/mol. The summed E-state index contributed by atoms with van der Waals surface area (Å²) < 4.78 is 28.9. The van der Waals surface area contributed by atoms with Crippen molar-refractivity contribution in [2.75, 3.05) is 25.0 Å². The molecule has 0 radical (unpaired) electrons. The van der Waals surface area contributed by atoms with Gasteiger partial charge in [0.2, 0.25) is 11.9 Å². The highest BCUT2D eigenvalue weighted by Crippen LogP contribution is 2.25. The third-order valence-corrected chi connectivity index (χ3v) is 5.82. The Labute approximate surface area is 201 Å². The largest absolute Gasteiger partial charge is 0.435 e. The highest BCUT2D eigenvalue weighted by molar-refractivity contribution is 5.84. The fourth-order valence-electron chi connectivity index (χ4n) is 4.00. The van der Waals surface area contributed by atoms with E-state index in [1.165, 1.54) is 12.1 Å². The summed E-state index contributed by atoms with van der Waals surface area (Å²) in [6.07, 6.45) is 4.12. The second-order valence-corrected chi connectivity index (χ2v) is 8.26. The highest BCUT2D eigenvalue weighted by atomic mass is 19.3. The van der Waals surface area contributed by atoms with Crippen LogP contribution in [0.2, 0.25) is 0 Å². The number of halogens is 2. The van der Waals surface area contributed by atoms with Crippen LogP contribution in [0.4, 0.5) is 20.4 Å². The lowest BCUT2D eigenvalue weighted by molar-refractivity contribution is -0.136. The molecule has 0 aliphatic carbocycles. The molecule has 8 nitrogen and oxygen atoms in total. The fraction of sp³-hybridized carbons (Fsp3) is 0.320. The monoisotopic (exact) mass is 484 g/mol. The Morgan fingerprint density at radius 3 is 2.37 bits per heavy atom. The van der Waals surface area contributed by atoms with Gasteiger partial charge in [-0.1, -0.05) is 24.3 Å². The highest BCUT2D eigenvalue weighted by Gasteiger charge is 2.28. The molecule has 2 atom stereocenters. The van der Waals surface area contributed by atoms with Gasteiger partial charge < -0.3 is 25.2 Å². The van der Waals surface area contributed by atoms with E-state index in [9.17, 15) is 23.8 Å². The van der Waals surface area contributed by atoms with Crippen molar-refractivity contribution in [3.8, 4) is 16.9 Å². The van der Waals surface area contributed by atoms with Gasteiger partial charge in [0.25, 0.3) is 0 Å². The zero-order chi connectivity index (χ0) is 24.8. The van der Waals surface area contributed by atoms with Gasteiger partial charge in [-0.15, -0.1) is 0 Å². The molecule has 3 aromatic rings. The summed E-state index contributed by atoms with van der Waals surface area (Å²) in [5.41, 5.74) is 2.84. The van der Waals surface area contributed by atoms with Crippen molar-refractivity contribution in [2.45, 2.75) is 31.5 Å². The number of nitrogens with one attached hydrogen (secondary N) is 1. The van der Waals surface area contributed by atoms with Crippen LogP contribution in [0.3, 0.4) is 0 Å². The number of amides is 1. The minimum Gasteiger partial charge on any atom is -0.435 e. The molecule has 184 valence electrons. The molecule has 2 aromatic carbocycles. The lowest BCUT2D eigenvalue weighted by Gasteiger charge is -2.32. The zero-order valence-electron chi connectivity index (χ0n) is 18.8. The van der Waals surface area contributed by atoms with Crippen LogP contribution in [0.15, 0.2) is 60.9 Å². The lowest BCUT2D eigenvalue weighted by atomic mass is 9.96. The van der Waals surface area contributed by atoms with Crippen molar-refractivity contribution in [1.82, 2.24) is 14.9 Å². The summed E-state index contributed by atoms with van der Waals surface area (Å²) in [6.45, 7) is -2.33. The number of alkyl halides is 2. The number of piperidine rings is 1. The third kappa shape index (κ3) is 6.28. The van der Waals surface area contributed by atoms with E-state index in [0.29, 0.717) is 35.7 Å². The van der Waals surface area contributed by atoms with Crippen LogP contribution in [0.25, 0.3) is 11.1 Å². The van der Waals surface area contributed by atoms with E-state index in [4.69, 9.17) is 0 Å². The normalized spacial score (nSPS) is 16.7. The molecule has 0 saturated carbocycles. The Morgan fingerprint density at radius 1 is 1.09 bits per heavy atom. The van der Waals surface area contributed by atoms with Gasteiger partial charge in [0.1, 0.15) is 5.75 Å². The molecule has 1 aromatic heterocycles. The average Bonchev–Trinajstić information content (AvgIpc) is 2.86. The second kappa shape index (κ2) is 11.2. The first-order valence-electron chi connectivity index (χ1n) is 11.2. The number of benzene rings is 2. The molecule has 0 bridgehead atoms. The molecule has 1 fully saturated rings. The number of aliphatic hydroxyl groups is 2. The quantitative estimate of drug-likeness (QED) is 0.449. The van der Waals surface area contributed by atoms with Crippen molar-refractivity contribution in [2.24, 2.45) is 0 Å². The first kappa shape index (κ1) is 24.5. The van der Waals surface area contributed by atoms with Crippen LogP contribution in [-0.4, -0.2) is 63.4 Å². The van der Waals surface area contributed by atoms with Gasteiger partial charge in [-0.2, -0.15) is 8.78 Å². The number of aliphatic hydroxyl groups excluding tert-OH is 2. The van der Waals surface area contributed by atoms with Crippen molar-refractivity contribution < 1.29 is 28.5 Å². The molecule has 1 aliphatic rings. The van der Waals surface area contributed by atoms with E-state index in [2.05, 4.69) is 20.0 Å². The van der Waals surface area contributed by atoms with E-state index in [-0.39, 0.29) is 24.8 Å². The van der Waals surface area contributed by atoms with Crippen LogP contribution in [0.5, 0.6) is 5.75 Å². The van der Waals surface area contributed by atoms with Gasteiger partial charge in [0.15, 0.2) is 0 Å². The summed E-state index contributed by atoms with van der Waals surface area (Å²) in [5.74, 6) is -0.455. The van der Waals surface area contributed by atoms with E-state index in [0.717, 1.165) is 12.0 Å². The van der Waals surface area contributed by atoms with Crippen LogP contribution in [0.1, 0.15) is 24.3 Å². The molecule has 0 spiro atoms. The third-order valence-electron chi connectivity index (χ3n) is 5.82. The Hall–Kier alpha value is -3.63. The molecule has 1 amide bonds. The Balaban J connectivity index is 1.38. The SMILES string of the molecule is O=C(C(CO)c1ccc(Nc2ncc(-c3ccc(OC(F)F)cc3)cn2)cc1)N1CCC[C@@H](O)C1. The molecule has 4 rings (SSSR count).